The second-order valence-corrected chi connectivity index (χ2v) is 4.99. The summed E-state index contributed by atoms with van der Waals surface area (Å²) in [6.45, 7) is 2.11. The maximum absolute atomic E-state index is 11.1. The van der Waals surface area contributed by atoms with Crippen molar-refractivity contribution in [2.45, 2.75) is 6.42 Å². The minimum absolute atomic E-state index is 0.0588. The van der Waals surface area contributed by atoms with Gasteiger partial charge in [0.25, 0.3) is 0 Å². The van der Waals surface area contributed by atoms with Crippen LogP contribution in [-0.4, -0.2) is 53.4 Å². The molecule has 0 radical (unpaired) electrons. The third kappa shape index (κ3) is 3.14. The quantitative estimate of drug-likeness (QED) is 0.875. The van der Waals surface area contributed by atoms with Crippen LogP contribution in [0.5, 0.6) is 0 Å². The number of anilines is 1. The van der Waals surface area contributed by atoms with Crippen LogP contribution in [-0.2, 0) is 0 Å². The van der Waals surface area contributed by atoms with E-state index in [4.69, 9.17) is 21.8 Å². The molecule has 1 fully saturated rings. The van der Waals surface area contributed by atoms with Gasteiger partial charge in [0.15, 0.2) is 0 Å². The Morgan fingerprint density at radius 1 is 1.10 bits per heavy atom. The molecule has 0 aliphatic carbocycles. The van der Waals surface area contributed by atoms with Crippen LogP contribution in [0.3, 0.4) is 0 Å². The minimum atomic E-state index is -1.07. The van der Waals surface area contributed by atoms with Gasteiger partial charge in [0.05, 0.1) is 10.6 Å². The maximum atomic E-state index is 11.1. The molecule has 1 aromatic rings. The fourth-order valence-electron chi connectivity index (χ4n) is 2.24. The zero-order valence-electron chi connectivity index (χ0n) is 10.8. The number of carboxylic acid groups (broad SMARTS) is 2. The zero-order valence-corrected chi connectivity index (χ0v) is 11.5. The highest BCUT2D eigenvalue weighted by atomic mass is 35.5. The van der Waals surface area contributed by atoms with Crippen LogP contribution in [0.15, 0.2) is 18.2 Å². The van der Waals surface area contributed by atoms with E-state index < -0.39 is 12.1 Å². The number of carbonyl (C=O) groups is 2. The third-order valence-electron chi connectivity index (χ3n) is 3.31. The molecule has 20 heavy (non-hydrogen) atoms. The third-order valence-corrected chi connectivity index (χ3v) is 3.64. The fraction of sp³-hybridized carbons (Fsp3) is 0.385. The highest BCUT2D eigenvalue weighted by Gasteiger charge is 2.19. The monoisotopic (exact) mass is 298 g/mol. The van der Waals surface area contributed by atoms with Gasteiger partial charge in [-0.25, -0.2) is 9.59 Å². The van der Waals surface area contributed by atoms with Crippen LogP contribution in [0, 0.1) is 0 Å². The summed E-state index contributed by atoms with van der Waals surface area (Å²) in [6.07, 6.45) is -0.216. The van der Waals surface area contributed by atoms with Gasteiger partial charge in [-0.05, 0) is 24.6 Å². The van der Waals surface area contributed by atoms with Crippen molar-refractivity contribution >= 4 is 29.4 Å². The van der Waals surface area contributed by atoms with Crippen LogP contribution in [0.25, 0.3) is 0 Å². The van der Waals surface area contributed by atoms with Crippen molar-refractivity contribution < 1.29 is 19.8 Å². The summed E-state index contributed by atoms with van der Waals surface area (Å²) in [5.41, 5.74) is 0.808. The highest BCUT2D eigenvalue weighted by Crippen LogP contribution is 2.24. The number of rotatable bonds is 2. The van der Waals surface area contributed by atoms with E-state index in [2.05, 4.69) is 0 Å². The van der Waals surface area contributed by atoms with Crippen molar-refractivity contribution in [3.8, 4) is 0 Å². The molecule has 1 heterocycles. The Morgan fingerprint density at radius 3 is 2.50 bits per heavy atom. The highest BCUT2D eigenvalue weighted by molar-refractivity contribution is 6.33. The molecule has 0 bridgehead atoms. The van der Waals surface area contributed by atoms with Gasteiger partial charge in [-0.15, -0.1) is 0 Å². The van der Waals surface area contributed by atoms with E-state index in [1.807, 2.05) is 4.90 Å². The lowest BCUT2D eigenvalue weighted by Gasteiger charge is -2.23. The molecule has 0 unspecified atom stereocenters. The summed E-state index contributed by atoms with van der Waals surface area (Å²) in [4.78, 5) is 25.4. The molecule has 108 valence electrons. The molecule has 1 amide bonds. The van der Waals surface area contributed by atoms with E-state index in [1.54, 1.807) is 12.1 Å². The molecule has 0 aromatic heterocycles. The van der Waals surface area contributed by atoms with Crippen LogP contribution in [0.1, 0.15) is 16.8 Å². The molecule has 1 aliphatic rings. The zero-order chi connectivity index (χ0) is 14.7. The van der Waals surface area contributed by atoms with Crippen LogP contribution < -0.4 is 4.90 Å². The number of carboxylic acids is 1. The Balaban J connectivity index is 2.17. The summed E-state index contributed by atoms with van der Waals surface area (Å²) in [6, 6.07) is 4.84. The number of hydrogen-bond donors (Lipinski definition) is 2. The van der Waals surface area contributed by atoms with E-state index in [0.717, 1.165) is 5.69 Å². The molecule has 0 saturated carbocycles. The molecule has 6 nitrogen and oxygen atoms in total. The van der Waals surface area contributed by atoms with Gasteiger partial charge in [0.2, 0.25) is 0 Å². The van der Waals surface area contributed by atoms with E-state index in [0.29, 0.717) is 32.6 Å². The van der Waals surface area contributed by atoms with Crippen LogP contribution in [0.2, 0.25) is 5.02 Å². The predicted molar refractivity (Wildman–Crippen MR) is 74.8 cm³/mol. The summed E-state index contributed by atoms with van der Waals surface area (Å²) in [5.74, 6) is -1.07. The van der Waals surface area contributed by atoms with Crippen molar-refractivity contribution in [3.63, 3.8) is 0 Å². The van der Waals surface area contributed by atoms with Gasteiger partial charge in [-0.3, -0.25) is 0 Å². The number of nitrogens with zero attached hydrogens (tertiary/aromatic N) is 2. The van der Waals surface area contributed by atoms with Gasteiger partial charge in [0, 0.05) is 31.9 Å². The molecule has 0 atom stereocenters. The first-order chi connectivity index (χ1) is 9.49. The summed E-state index contributed by atoms with van der Waals surface area (Å²) >= 11 is 5.84. The SMILES string of the molecule is O=C(O)c1cc(N2CCCN(C(=O)O)CC2)ccc1Cl. The van der Waals surface area contributed by atoms with E-state index in [-0.39, 0.29) is 10.6 Å². The fourth-order valence-corrected chi connectivity index (χ4v) is 2.44. The van der Waals surface area contributed by atoms with Gasteiger partial charge >= 0.3 is 12.1 Å². The molecule has 1 saturated heterocycles. The molecule has 1 aliphatic heterocycles. The Labute approximate surface area is 121 Å². The first-order valence-corrected chi connectivity index (χ1v) is 6.62. The lowest BCUT2D eigenvalue weighted by atomic mass is 10.2. The Bertz CT molecular complexity index is 535. The molecule has 2 rings (SSSR count). The average Bonchev–Trinajstić information content (AvgIpc) is 2.64. The van der Waals surface area contributed by atoms with Crippen molar-refractivity contribution in [3.05, 3.63) is 28.8 Å². The number of halogens is 1. The average molecular weight is 299 g/mol. The number of benzene rings is 1. The Hall–Kier alpha value is -1.95. The summed E-state index contributed by atoms with van der Waals surface area (Å²) in [5, 5.41) is 18.3. The second kappa shape index (κ2) is 6.00. The van der Waals surface area contributed by atoms with Crippen LogP contribution >= 0.6 is 11.6 Å². The van der Waals surface area contributed by atoms with E-state index in [1.165, 1.54) is 11.0 Å². The first kappa shape index (κ1) is 14.5. The van der Waals surface area contributed by atoms with Crippen molar-refractivity contribution in [1.29, 1.82) is 0 Å². The smallest absolute Gasteiger partial charge is 0.407 e. The van der Waals surface area contributed by atoms with Crippen LogP contribution in [0.4, 0.5) is 10.5 Å². The minimum Gasteiger partial charge on any atom is -0.478 e. The molecule has 7 heteroatoms. The van der Waals surface area contributed by atoms with E-state index in [9.17, 15) is 9.59 Å². The molecular formula is C13H15ClN2O4. The van der Waals surface area contributed by atoms with E-state index >= 15 is 0 Å². The standard InChI is InChI=1S/C13H15ClN2O4/c14-11-3-2-9(8-10(11)12(17)18)15-4-1-5-16(7-6-15)13(19)20/h2-3,8H,1,4-7H2,(H,17,18)(H,19,20). The second-order valence-electron chi connectivity index (χ2n) is 4.58. The number of amides is 1. The van der Waals surface area contributed by atoms with Crippen molar-refractivity contribution in [1.82, 2.24) is 4.90 Å². The topological polar surface area (TPSA) is 81.1 Å². The Morgan fingerprint density at radius 2 is 1.85 bits per heavy atom. The lowest BCUT2D eigenvalue weighted by molar-refractivity contribution is 0.0697. The Kier molecular flexibility index (Phi) is 4.34. The number of hydrogen-bond acceptors (Lipinski definition) is 3. The largest absolute Gasteiger partial charge is 0.478 e. The summed E-state index contributed by atoms with van der Waals surface area (Å²) in [7, 11) is 0. The molecule has 1 aromatic carbocycles. The lowest BCUT2D eigenvalue weighted by Crippen LogP contribution is -2.34. The van der Waals surface area contributed by atoms with Crippen molar-refractivity contribution in [2.24, 2.45) is 0 Å². The molecular weight excluding hydrogens is 284 g/mol. The van der Waals surface area contributed by atoms with Gasteiger partial charge in [-0.1, -0.05) is 11.6 Å². The first-order valence-electron chi connectivity index (χ1n) is 6.24. The summed E-state index contributed by atoms with van der Waals surface area (Å²) < 4.78 is 0. The maximum Gasteiger partial charge on any atom is 0.407 e. The van der Waals surface area contributed by atoms with Gasteiger partial charge in [-0.2, -0.15) is 0 Å². The molecule has 2 N–H and O–H groups in total. The van der Waals surface area contributed by atoms with Crippen molar-refractivity contribution in [2.75, 3.05) is 31.1 Å². The normalized spacial score (nSPS) is 15.8. The number of aromatic carboxylic acids is 1. The predicted octanol–water partition coefficient (Wildman–Crippen LogP) is 2.23. The van der Waals surface area contributed by atoms with Gasteiger partial charge in [0.1, 0.15) is 0 Å². The van der Waals surface area contributed by atoms with Gasteiger partial charge < -0.3 is 20.0 Å². The molecule has 0 spiro atoms.